The molecule has 3 aromatic carbocycles. The summed E-state index contributed by atoms with van der Waals surface area (Å²) in [6.07, 6.45) is 10.0. The molecule has 5 aromatic rings. The quantitative estimate of drug-likeness (QED) is 0.0719. The SMILES string of the molecule is CCc1cc(Nc2ncc(Br)c(Nc3ccc4nccnc4c3P(C)(C)=O)n2)c(OC)cc1N1CCC(N2CCN(CCCN(C)c3cccc(C4CCC(=O)NC4=O)c3)CC2)CC1. The van der Waals surface area contributed by atoms with Crippen LogP contribution in [-0.4, -0.2) is 127 Å². The first-order valence-electron chi connectivity index (χ1n) is 22.3. The summed E-state index contributed by atoms with van der Waals surface area (Å²) in [5.74, 6) is 0.978. The summed E-state index contributed by atoms with van der Waals surface area (Å²) < 4.78 is 20.1. The van der Waals surface area contributed by atoms with E-state index in [0.717, 1.165) is 95.0 Å². The molecule has 17 heteroatoms. The standard InChI is InChI=1S/C47H59BrN11O4P/c1-6-31-28-39(53-47-51-30-36(48)45(55-47)52-38-13-12-37-43(50-18-17-49-37)44(38)64(4,5)62)41(63-3)29-40(31)59-21-15-33(16-22-59)58-25-23-57(24-26-58)20-8-19-56(2)34-10-7-9-32(27-34)35-11-14-42(60)54-46(35)61/h7,9-10,12-13,17-18,27-30,33,35H,6,8,11,14-16,19-26H2,1-5H3,(H,54,60,61)(H2,51,52,53,55). The summed E-state index contributed by atoms with van der Waals surface area (Å²) >= 11 is 3.60. The molecule has 3 aliphatic rings. The Hall–Kier alpha value is -5.15. The molecule has 3 fully saturated rings. The van der Waals surface area contributed by atoms with Crippen molar-refractivity contribution in [3.05, 3.63) is 82.7 Å². The molecule has 1 unspecified atom stereocenters. The van der Waals surface area contributed by atoms with Crippen LogP contribution in [0.4, 0.5) is 34.5 Å². The van der Waals surface area contributed by atoms with Crippen molar-refractivity contribution in [2.24, 2.45) is 0 Å². The molecular weight excluding hydrogens is 893 g/mol. The molecule has 15 nitrogen and oxygen atoms in total. The van der Waals surface area contributed by atoms with Gasteiger partial charge in [0.2, 0.25) is 17.8 Å². The number of hydrogen-bond acceptors (Lipinski definition) is 14. The minimum Gasteiger partial charge on any atom is -0.494 e. The van der Waals surface area contributed by atoms with Gasteiger partial charge in [-0.2, -0.15) is 4.98 Å². The largest absolute Gasteiger partial charge is 0.494 e. The van der Waals surface area contributed by atoms with Crippen molar-refractivity contribution < 1.29 is 18.9 Å². The summed E-state index contributed by atoms with van der Waals surface area (Å²) in [6.45, 7) is 14.0. The Morgan fingerprint density at radius 1 is 0.938 bits per heavy atom. The molecule has 8 rings (SSSR count). The van der Waals surface area contributed by atoms with Crippen molar-refractivity contribution in [1.82, 2.24) is 35.1 Å². The average molecular weight is 953 g/mol. The number of carbonyl (C=O) groups is 2. The van der Waals surface area contributed by atoms with Crippen molar-refractivity contribution in [3.63, 3.8) is 0 Å². The molecule has 2 amide bonds. The third kappa shape index (κ3) is 10.4. The average Bonchev–Trinajstić information content (AvgIpc) is 3.29. The van der Waals surface area contributed by atoms with Gasteiger partial charge in [-0.25, -0.2) is 4.98 Å². The second kappa shape index (κ2) is 19.9. The van der Waals surface area contributed by atoms with Crippen LogP contribution >= 0.6 is 23.1 Å². The maximum atomic E-state index is 13.5. The summed E-state index contributed by atoms with van der Waals surface area (Å²) in [5.41, 5.74) is 7.22. The summed E-state index contributed by atoms with van der Waals surface area (Å²) in [7, 11) is 1.04. The van der Waals surface area contributed by atoms with E-state index in [2.05, 4.69) is 105 Å². The molecule has 2 aromatic heterocycles. The van der Waals surface area contributed by atoms with Crippen LogP contribution in [-0.2, 0) is 20.6 Å². The van der Waals surface area contributed by atoms with Gasteiger partial charge in [0.1, 0.15) is 24.2 Å². The number of fused-ring (bicyclic) bond motifs is 1. The first-order valence-corrected chi connectivity index (χ1v) is 25.7. The number of imide groups is 1. The fourth-order valence-electron chi connectivity index (χ4n) is 9.36. The minimum atomic E-state index is -2.77. The Kier molecular flexibility index (Phi) is 14.1. The molecule has 1 atom stereocenters. The molecule has 3 aliphatic heterocycles. The van der Waals surface area contributed by atoms with E-state index < -0.39 is 7.14 Å². The second-order valence-electron chi connectivity index (χ2n) is 17.4. The van der Waals surface area contributed by atoms with Crippen molar-refractivity contribution in [3.8, 4) is 5.75 Å². The van der Waals surface area contributed by atoms with Gasteiger partial charge >= 0.3 is 0 Å². The Morgan fingerprint density at radius 3 is 2.45 bits per heavy atom. The summed E-state index contributed by atoms with van der Waals surface area (Å²) in [6, 6.07) is 16.8. The number of aromatic nitrogens is 4. The van der Waals surface area contributed by atoms with E-state index in [4.69, 9.17) is 9.72 Å². The first kappa shape index (κ1) is 45.4. The number of piperidine rings is 2. The van der Waals surface area contributed by atoms with E-state index in [1.807, 2.05) is 24.3 Å². The number of benzene rings is 3. The first-order chi connectivity index (χ1) is 30.9. The minimum absolute atomic E-state index is 0.182. The number of piperazine rings is 1. The molecule has 5 heterocycles. The van der Waals surface area contributed by atoms with Crippen molar-refractivity contribution in [1.29, 1.82) is 0 Å². The third-order valence-electron chi connectivity index (χ3n) is 12.8. The lowest BCUT2D eigenvalue weighted by Gasteiger charge is -2.43. The van der Waals surface area contributed by atoms with Crippen LogP contribution in [0.1, 0.15) is 56.1 Å². The summed E-state index contributed by atoms with van der Waals surface area (Å²) in [4.78, 5) is 52.5. The van der Waals surface area contributed by atoms with E-state index in [1.54, 1.807) is 39.0 Å². The zero-order valence-corrected chi connectivity index (χ0v) is 39.9. The normalized spacial score (nSPS) is 18.0. The highest BCUT2D eigenvalue weighted by Gasteiger charge is 2.30. The van der Waals surface area contributed by atoms with Crippen molar-refractivity contribution in [2.45, 2.75) is 57.4 Å². The number of nitrogens with zero attached hydrogens (tertiary/aromatic N) is 8. The second-order valence-corrected chi connectivity index (χ2v) is 21.4. The number of carbonyl (C=O) groups excluding carboxylic acids is 2. The van der Waals surface area contributed by atoms with Crippen LogP contribution in [0, 0.1) is 0 Å². The van der Waals surface area contributed by atoms with Crippen LogP contribution in [0.5, 0.6) is 5.75 Å². The van der Waals surface area contributed by atoms with E-state index >= 15 is 0 Å². The van der Waals surface area contributed by atoms with Crippen molar-refractivity contribution >= 4 is 85.7 Å². The molecule has 3 N–H and O–H groups in total. The molecule has 0 spiro atoms. The van der Waals surface area contributed by atoms with Crippen LogP contribution in [0.25, 0.3) is 11.0 Å². The van der Waals surface area contributed by atoms with Crippen LogP contribution < -0.4 is 35.8 Å². The smallest absolute Gasteiger partial charge is 0.234 e. The summed E-state index contributed by atoms with van der Waals surface area (Å²) in [5, 5.41) is 9.91. The predicted octanol–water partition coefficient (Wildman–Crippen LogP) is 7.12. The number of aryl methyl sites for hydroxylation is 1. The molecule has 0 bridgehead atoms. The van der Waals surface area contributed by atoms with Gasteiger partial charge < -0.3 is 34.6 Å². The van der Waals surface area contributed by atoms with Gasteiger partial charge in [0.15, 0.2) is 0 Å². The zero-order chi connectivity index (χ0) is 45.0. The van der Waals surface area contributed by atoms with E-state index in [0.29, 0.717) is 62.9 Å². The van der Waals surface area contributed by atoms with E-state index in [-0.39, 0.29) is 17.7 Å². The van der Waals surface area contributed by atoms with Crippen LogP contribution in [0.15, 0.2) is 71.6 Å². The van der Waals surface area contributed by atoms with Gasteiger partial charge in [-0.1, -0.05) is 19.1 Å². The van der Waals surface area contributed by atoms with Gasteiger partial charge in [-0.05, 0) is 109 Å². The third-order valence-corrected chi connectivity index (χ3v) is 14.9. The lowest BCUT2D eigenvalue weighted by atomic mass is 9.90. The van der Waals surface area contributed by atoms with Gasteiger partial charge in [0.05, 0.1) is 39.7 Å². The number of anilines is 6. The number of rotatable bonds is 15. The Labute approximate surface area is 384 Å². The fourth-order valence-corrected chi connectivity index (χ4v) is 11.0. The fraction of sp³-hybridized carbons (Fsp3) is 0.447. The number of methoxy groups -OCH3 is 1. The topological polar surface area (TPSA) is 161 Å². The number of halogens is 1. The number of nitrogens with one attached hydrogen (secondary N) is 3. The maximum absolute atomic E-state index is 13.5. The number of hydrogen-bond donors (Lipinski definition) is 3. The Morgan fingerprint density at radius 2 is 1.72 bits per heavy atom. The Balaban J connectivity index is 0.839. The zero-order valence-electron chi connectivity index (χ0n) is 37.4. The highest BCUT2D eigenvalue weighted by Crippen LogP contribution is 2.42. The number of ether oxygens (including phenoxy) is 1. The van der Waals surface area contributed by atoms with Crippen molar-refractivity contribution in [2.75, 3.05) is 100 Å². The maximum Gasteiger partial charge on any atom is 0.234 e. The molecule has 0 aliphatic carbocycles. The molecule has 0 radical (unpaired) electrons. The molecule has 64 heavy (non-hydrogen) atoms. The molecule has 3 saturated heterocycles. The van der Waals surface area contributed by atoms with Gasteiger partial charge in [0, 0.05) is 101 Å². The molecule has 338 valence electrons. The van der Waals surface area contributed by atoms with E-state index in [9.17, 15) is 14.2 Å². The monoisotopic (exact) mass is 951 g/mol. The van der Waals surface area contributed by atoms with E-state index in [1.165, 1.54) is 11.3 Å². The van der Waals surface area contributed by atoms with Gasteiger partial charge in [-0.15, -0.1) is 0 Å². The molecule has 0 saturated carbocycles. The van der Waals surface area contributed by atoms with Crippen LogP contribution in [0.2, 0.25) is 0 Å². The van der Waals surface area contributed by atoms with Gasteiger partial charge in [0.25, 0.3) is 0 Å². The molecular formula is C47H59BrN11O4P. The highest BCUT2D eigenvalue weighted by molar-refractivity contribution is 9.10. The van der Waals surface area contributed by atoms with Gasteiger partial charge in [-0.3, -0.25) is 29.8 Å². The Bertz CT molecular complexity index is 2540. The lowest BCUT2D eigenvalue weighted by Crippen LogP contribution is -2.53. The number of amides is 2. The predicted molar refractivity (Wildman–Crippen MR) is 260 cm³/mol. The van der Waals surface area contributed by atoms with Crippen LogP contribution in [0.3, 0.4) is 0 Å². The highest BCUT2D eigenvalue weighted by atomic mass is 79.9. The lowest BCUT2D eigenvalue weighted by molar-refractivity contribution is -0.134.